The van der Waals surface area contributed by atoms with Gasteiger partial charge in [-0.1, -0.05) is 0 Å². The van der Waals surface area contributed by atoms with Crippen molar-refractivity contribution in [3.8, 4) is 0 Å². The van der Waals surface area contributed by atoms with Crippen molar-refractivity contribution in [1.82, 2.24) is 4.98 Å². The monoisotopic (exact) mass is 205 g/mol. The Bertz CT molecular complexity index is 401. The Kier molecular flexibility index (Phi) is 2.14. The molecule has 1 amide bonds. The van der Waals surface area contributed by atoms with E-state index in [-0.39, 0.29) is 5.91 Å². The van der Waals surface area contributed by atoms with Crippen molar-refractivity contribution in [2.75, 3.05) is 16.8 Å². The van der Waals surface area contributed by atoms with Crippen LogP contribution in [0.5, 0.6) is 0 Å². The molecule has 1 aromatic heterocycles. The zero-order valence-corrected chi connectivity index (χ0v) is 9.24. The van der Waals surface area contributed by atoms with Crippen LogP contribution in [0.15, 0.2) is 18.5 Å². The fourth-order valence-corrected chi connectivity index (χ4v) is 1.98. The smallest absolute Gasteiger partial charge is 0.249 e. The van der Waals surface area contributed by atoms with E-state index in [1.54, 1.807) is 12.4 Å². The van der Waals surface area contributed by atoms with E-state index in [1.807, 2.05) is 26.8 Å². The first-order valence-electron chi connectivity index (χ1n) is 5.10. The minimum atomic E-state index is -0.497. The van der Waals surface area contributed by atoms with Crippen molar-refractivity contribution in [2.45, 2.75) is 26.3 Å². The molecule has 1 aliphatic heterocycles. The largest absolute Gasteiger partial charge is 0.356 e. The lowest BCUT2D eigenvalue weighted by molar-refractivity contribution is -0.120. The average molecular weight is 205 g/mol. The number of hydrogen-bond donors (Lipinski definition) is 1. The highest BCUT2D eigenvalue weighted by Crippen LogP contribution is 2.35. The van der Waals surface area contributed by atoms with Crippen molar-refractivity contribution < 1.29 is 4.79 Å². The van der Waals surface area contributed by atoms with Crippen molar-refractivity contribution >= 4 is 17.3 Å². The molecule has 4 heteroatoms. The van der Waals surface area contributed by atoms with E-state index in [2.05, 4.69) is 15.2 Å². The number of carbonyl (C=O) groups is 1. The Balaban J connectivity index is 2.55. The van der Waals surface area contributed by atoms with Crippen LogP contribution >= 0.6 is 0 Å². The summed E-state index contributed by atoms with van der Waals surface area (Å²) in [5, 5.41) is 2.87. The number of carbonyl (C=O) groups excluding carboxylic acids is 1. The molecule has 80 valence electrons. The molecule has 1 aromatic rings. The molecule has 0 radical (unpaired) electrons. The number of amides is 1. The number of nitrogens with zero attached hydrogens (tertiary/aromatic N) is 2. The topological polar surface area (TPSA) is 45.2 Å². The first-order chi connectivity index (χ1) is 7.07. The van der Waals surface area contributed by atoms with Gasteiger partial charge in [0.2, 0.25) is 5.91 Å². The van der Waals surface area contributed by atoms with Gasteiger partial charge in [-0.3, -0.25) is 9.78 Å². The molecule has 0 saturated carbocycles. The van der Waals surface area contributed by atoms with Crippen LogP contribution in [0.25, 0.3) is 0 Å². The summed E-state index contributed by atoms with van der Waals surface area (Å²) in [4.78, 5) is 18.0. The average Bonchev–Trinajstić information content (AvgIpc) is 2.20. The molecular weight excluding hydrogens is 190 g/mol. The maximum Gasteiger partial charge on any atom is 0.249 e. The molecule has 0 atom stereocenters. The predicted octanol–water partition coefficient (Wildman–Crippen LogP) is 1.64. The zero-order valence-electron chi connectivity index (χ0n) is 9.24. The molecule has 2 heterocycles. The Hall–Kier alpha value is -1.58. The third kappa shape index (κ3) is 1.37. The van der Waals surface area contributed by atoms with Gasteiger partial charge in [0.15, 0.2) is 0 Å². The molecule has 1 aliphatic rings. The van der Waals surface area contributed by atoms with Gasteiger partial charge in [0.25, 0.3) is 0 Å². The van der Waals surface area contributed by atoms with Crippen LogP contribution < -0.4 is 10.2 Å². The van der Waals surface area contributed by atoms with Gasteiger partial charge in [-0.05, 0) is 26.8 Å². The normalized spacial score (nSPS) is 18.3. The van der Waals surface area contributed by atoms with Gasteiger partial charge in [-0.2, -0.15) is 0 Å². The van der Waals surface area contributed by atoms with Gasteiger partial charge in [0.05, 0.1) is 17.6 Å². The standard InChI is InChI=1S/C11H15N3O/c1-4-14-9-5-6-12-7-8(9)13-10(15)11(14,2)3/h5-7H,4H2,1-3H3,(H,13,15). The summed E-state index contributed by atoms with van der Waals surface area (Å²) in [6.45, 7) is 6.70. The number of nitrogens with one attached hydrogen (secondary N) is 1. The number of likely N-dealkylation sites (N-methyl/N-ethyl adjacent to an activating group) is 1. The molecule has 0 aliphatic carbocycles. The van der Waals surface area contributed by atoms with E-state index in [4.69, 9.17) is 0 Å². The van der Waals surface area contributed by atoms with Gasteiger partial charge in [0, 0.05) is 12.7 Å². The highest BCUT2D eigenvalue weighted by atomic mass is 16.2. The molecule has 1 N–H and O–H groups in total. The maximum atomic E-state index is 11.9. The van der Waals surface area contributed by atoms with Gasteiger partial charge < -0.3 is 10.2 Å². The molecule has 0 fully saturated rings. The number of aromatic nitrogens is 1. The Morgan fingerprint density at radius 3 is 2.93 bits per heavy atom. The SMILES string of the molecule is CCN1c2ccncc2NC(=O)C1(C)C. The molecular formula is C11H15N3O. The maximum absolute atomic E-state index is 11.9. The third-order valence-electron chi connectivity index (χ3n) is 2.88. The Morgan fingerprint density at radius 1 is 1.53 bits per heavy atom. The fraction of sp³-hybridized carbons (Fsp3) is 0.455. The second-order valence-corrected chi connectivity index (χ2v) is 4.15. The molecule has 0 spiro atoms. The van der Waals surface area contributed by atoms with E-state index in [9.17, 15) is 4.79 Å². The molecule has 2 rings (SSSR count). The molecule has 0 aromatic carbocycles. The van der Waals surface area contributed by atoms with Gasteiger partial charge >= 0.3 is 0 Å². The van der Waals surface area contributed by atoms with E-state index in [1.165, 1.54) is 0 Å². The zero-order chi connectivity index (χ0) is 11.1. The van der Waals surface area contributed by atoms with Crippen molar-refractivity contribution in [3.63, 3.8) is 0 Å². The fourth-order valence-electron chi connectivity index (χ4n) is 1.98. The Labute approximate surface area is 89.3 Å². The number of fused-ring (bicyclic) bond motifs is 1. The van der Waals surface area contributed by atoms with Crippen LogP contribution in [0, 0.1) is 0 Å². The van der Waals surface area contributed by atoms with E-state index < -0.39 is 5.54 Å². The highest BCUT2D eigenvalue weighted by Gasteiger charge is 2.39. The quantitative estimate of drug-likeness (QED) is 0.758. The van der Waals surface area contributed by atoms with Crippen LogP contribution in [-0.2, 0) is 4.79 Å². The summed E-state index contributed by atoms with van der Waals surface area (Å²) >= 11 is 0. The van der Waals surface area contributed by atoms with Crippen molar-refractivity contribution in [2.24, 2.45) is 0 Å². The minimum Gasteiger partial charge on any atom is -0.356 e. The third-order valence-corrected chi connectivity index (χ3v) is 2.88. The van der Waals surface area contributed by atoms with Gasteiger partial charge in [-0.25, -0.2) is 0 Å². The van der Waals surface area contributed by atoms with Crippen LogP contribution in [0.2, 0.25) is 0 Å². The van der Waals surface area contributed by atoms with Crippen LogP contribution in [-0.4, -0.2) is 23.0 Å². The number of pyridine rings is 1. The van der Waals surface area contributed by atoms with Crippen LogP contribution in [0.3, 0.4) is 0 Å². The van der Waals surface area contributed by atoms with Crippen LogP contribution in [0.4, 0.5) is 11.4 Å². The summed E-state index contributed by atoms with van der Waals surface area (Å²) in [6, 6.07) is 1.93. The second kappa shape index (κ2) is 3.22. The summed E-state index contributed by atoms with van der Waals surface area (Å²) in [7, 11) is 0. The van der Waals surface area contributed by atoms with Crippen molar-refractivity contribution in [1.29, 1.82) is 0 Å². The molecule has 0 bridgehead atoms. The van der Waals surface area contributed by atoms with Crippen LogP contribution in [0.1, 0.15) is 20.8 Å². The lowest BCUT2D eigenvalue weighted by atomic mass is 9.97. The molecule has 0 saturated heterocycles. The summed E-state index contributed by atoms with van der Waals surface area (Å²) in [5.74, 6) is 0.0184. The lowest BCUT2D eigenvalue weighted by Crippen LogP contribution is -2.56. The number of rotatable bonds is 1. The van der Waals surface area contributed by atoms with Crippen molar-refractivity contribution in [3.05, 3.63) is 18.5 Å². The Morgan fingerprint density at radius 2 is 2.27 bits per heavy atom. The first-order valence-corrected chi connectivity index (χ1v) is 5.10. The number of anilines is 2. The minimum absolute atomic E-state index is 0.0184. The van der Waals surface area contributed by atoms with E-state index in [0.29, 0.717) is 0 Å². The lowest BCUT2D eigenvalue weighted by Gasteiger charge is -2.42. The van der Waals surface area contributed by atoms with Gasteiger partial charge in [0.1, 0.15) is 5.54 Å². The summed E-state index contributed by atoms with van der Waals surface area (Å²) in [5.41, 5.74) is 1.34. The second-order valence-electron chi connectivity index (χ2n) is 4.15. The molecule has 0 unspecified atom stereocenters. The van der Waals surface area contributed by atoms with E-state index >= 15 is 0 Å². The molecule has 15 heavy (non-hydrogen) atoms. The highest BCUT2D eigenvalue weighted by molar-refractivity contribution is 6.05. The molecule has 4 nitrogen and oxygen atoms in total. The number of hydrogen-bond acceptors (Lipinski definition) is 3. The first kappa shape index (κ1) is 9.96. The summed E-state index contributed by atoms with van der Waals surface area (Å²) in [6.07, 6.45) is 3.43. The summed E-state index contributed by atoms with van der Waals surface area (Å²) < 4.78 is 0. The predicted molar refractivity (Wildman–Crippen MR) is 60.0 cm³/mol. The van der Waals surface area contributed by atoms with Gasteiger partial charge in [-0.15, -0.1) is 0 Å². The van der Waals surface area contributed by atoms with E-state index in [0.717, 1.165) is 17.9 Å².